The van der Waals surface area contributed by atoms with E-state index < -0.39 is 10.8 Å². The molecule has 0 aromatic rings. The predicted octanol–water partition coefficient (Wildman–Crippen LogP) is 1.35. The van der Waals surface area contributed by atoms with Gasteiger partial charge in [0.15, 0.2) is 0 Å². The van der Waals surface area contributed by atoms with Crippen LogP contribution in [-0.4, -0.2) is 22.4 Å². The van der Waals surface area contributed by atoms with Crippen molar-refractivity contribution in [1.29, 1.82) is 0 Å². The van der Waals surface area contributed by atoms with Crippen LogP contribution in [0.15, 0.2) is 0 Å². The van der Waals surface area contributed by atoms with Crippen LogP contribution in [0.1, 0.15) is 27.7 Å². The van der Waals surface area contributed by atoms with Crippen molar-refractivity contribution >= 4 is 10.8 Å². The molecule has 0 aromatic carbocycles. The lowest BCUT2D eigenvalue weighted by Crippen LogP contribution is -2.19. The molecule has 0 spiro atoms. The number of nitrogens with one attached hydrogen (secondary N) is 1. The molecule has 1 unspecified atom stereocenters. The number of hydrogen-bond acceptors (Lipinski definition) is 2. The maximum atomic E-state index is 10.8. The summed E-state index contributed by atoms with van der Waals surface area (Å²) in [5.74, 6) is 0.609. The van der Waals surface area contributed by atoms with Gasteiger partial charge in [0.05, 0.1) is 5.88 Å². The molecule has 0 saturated carbocycles. The monoisotopic (exact) mass is 165 g/mol. The first-order chi connectivity index (χ1) is 4.68. The first kappa shape index (κ1) is 12.8. The first-order valence-corrected chi connectivity index (χ1v) is 5.08. The average Bonchev–Trinajstić information content (AvgIpc) is 1.93. The Kier molecular flexibility index (Phi) is 11.6. The van der Waals surface area contributed by atoms with E-state index in [0.29, 0.717) is 5.88 Å². The summed E-state index contributed by atoms with van der Waals surface area (Å²) in [6.45, 7) is 7.90. The molecular weight excluding hydrogens is 146 g/mol. The van der Waals surface area contributed by atoms with Gasteiger partial charge in [-0.15, -0.1) is 0 Å². The van der Waals surface area contributed by atoms with Crippen molar-refractivity contribution in [1.82, 2.24) is 5.32 Å². The molecule has 0 aliphatic heterocycles. The Labute approximate surface area is 66.9 Å². The standard InChI is InChI=1S/C5H13NOS.C2H6/c1-5(2)8(7)4-6-3;1-2/h5-6H,4H2,1-3H3;1-2H3. The van der Waals surface area contributed by atoms with Crippen molar-refractivity contribution < 1.29 is 4.21 Å². The molecular formula is C7H19NOS. The molecule has 0 saturated heterocycles. The van der Waals surface area contributed by atoms with Crippen molar-refractivity contribution in [2.24, 2.45) is 0 Å². The van der Waals surface area contributed by atoms with Gasteiger partial charge in [-0.1, -0.05) is 27.7 Å². The van der Waals surface area contributed by atoms with Crippen LogP contribution >= 0.6 is 0 Å². The van der Waals surface area contributed by atoms with Crippen molar-refractivity contribution in [2.75, 3.05) is 12.9 Å². The second-order valence-electron chi connectivity index (χ2n) is 1.93. The van der Waals surface area contributed by atoms with E-state index in [9.17, 15) is 4.21 Å². The van der Waals surface area contributed by atoms with Gasteiger partial charge in [-0.25, -0.2) is 0 Å². The maximum absolute atomic E-state index is 10.8. The summed E-state index contributed by atoms with van der Waals surface area (Å²) in [5.41, 5.74) is 0. The smallest absolute Gasteiger partial charge is 0.0722 e. The topological polar surface area (TPSA) is 29.1 Å². The SMILES string of the molecule is CC.CNCS(=O)C(C)C. The fourth-order valence-electron chi connectivity index (χ4n) is 0.309. The molecule has 0 aliphatic carbocycles. The van der Waals surface area contributed by atoms with E-state index in [1.54, 1.807) is 7.05 Å². The van der Waals surface area contributed by atoms with Crippen LogP contribution in [0.3, 0.4) is 0 Å². The van der Waals surface area contributed by atoms with E-state index in [2.05, 4.69) is 5.32 Å². The van der Waals surface area contributed by atoms with Gasteiger partial charge in [0, 0.05) is 16.0 Å². The summed E-state index contributed by atoms with van der Waals surface area (Å²) in [4.78, 5) is 0. The zero-order valence-electron chi connectivity index (χ0n) is 7.60. The maximum Gasteiger partial charge on any atom is 0.0722 e. The summed E-state index contributed by atoms with van der Waals surface area (Å²) in [5, 5.41) is 3.13. The van der Waals surface area contributed by atoms with E-state index in [4.69, 9.17) is 0 Å². The van der Waals surface area contributed by atoms with E-state index in [0.717, 1.165) is 0 Å². The Hall–Kier alpha value is 0.110. The lowest BCUT2D eigenvalue weighted by molar-refractivity contribution is 0.672. The van der Waals surface area contributed by atoms with Gasteiger partial charge in [-0.3, -0.25) is 4.21 Å². The molecule has 0 radical (unpaired) electrons. The third-order valence-corrected chi connectivity index (χ3v) is 2.44. The third kappa shape index (κ3) is 8.11. The van der Waals surface area contributed by atoms with Gasteiger partial charge in [0.25, 0.3) is 0 Å². The van der Waals surface area contributed by atoms with Crippen LogP contribution in [0.25, 0.3) is 0 Å². The molecule has 0 heterocycles. The van der Waals surface area contributed by atoms with Crippen LogP contribution < -0.4 is 5.32 Å². The van der Waals surface area contributed by atoms with Crippen molar-refractivity contribution in [2.45, 2.75) is 32.9 Å². The molecule has 0 aliphatic rings. The molecule has 1 atom stereocenters. The molecule has 1 N–H and O–H groups in total. The molecule has 10 heavy (non-hydrogen) atoms. The van der Waals surface area contributed by atoms with Crippen LogP contribution in [0.5, 0.6) is 0 Å². The Morgan fingerprint density at radius 3 is 1.90 bits per heavy atom. The fourth-order valence-corrected chi connectivity index (χ4v) is 0.927. The van der Waals surface area contributed by atoms with Crippen LogP contribution in [0.4, 0.5) is 0 Å². The predicted molar refractivity (Wildman–Crippen MR) is 48.6 cm³/mol. The van der Waals surface area contributed by atoms with Gasteiger partial charge >= 0.3 is 0 Å². The minimum atomic E-state index is -0.683. The zero-order valence-corrected chi connectivity index (χ0v) is 8.42. The minimum Gasteiger partial charge on any atom is -0.309 e. The number of hydrogen-bond donors (Lipinski definition) is 1. The summed E-state index contributed by atoms with van der Waals surface area (Å²) >= 11 is 0. The molecule has 0 bridgehead atoms. The van der Waals surface area contributed by atoms with Crippen molar-refractivity contribution in [3.05, 3.63) is 0 Å². The largest absolute Gasteiger partial charge is 0.309 e. The van der Waals surface area contributed by atoms with E-state index >= 15 is 0 Å². The fraction of sp³-hybridized carbons (Fsp3) is 1.00. The van der Waals surface area contributed by atoms with E-state index in [1.807, 2.05) is 27.7 Å². The zero-order chi connectivity index (χ0) is 8.57. The normalized spacial score (nSPS) is 12.2. The van der Waals surface area contributed by atoms with Crippen LogP contribution in [0.2, 0.25) is 0 Å². The lowest BCUT2D eigenvalue weighted by Gasteiger charge is -2.01. The summed E-state index contributed by atoms with van der Waals surface area (Å²) in [6, 6.07) is 0. The Bertz CT molecular complexity index is 83.7. The second kappa shape index (κ2) is 9.11. The molecule has 0 rings (SSSR count). The van der Waals surface area contributed by atoms with Gasteiger partial charge in [-0.05, 0) is 7.05 Å². The molecule has 3 heteroatoms. The van der Waals surface area contributed by atoms with Crippen LogP contribution in [0, 0.1) is 0 Å². The van der Waals surface area contributed by atoms with Gasteiger partial charge in [0.2, 0.25) is 0 Å². The molecule has 64 valence electrons. The average molecular weight is 165 g/mol. The summed E-state index contributed by atoms with van der Waals surface area (Å²) < 4.78 is 10.8. The summed E-state index contributed by atoms with van der Waals surface area (Å²) in [6.07, 6.45) is 0. The van der Waals surface area contributed by atoms with E-state index in [-0.39, 0.29) is 5.25 Å². The molecule has 0 aromatic heterocycles. The first-order valence-electron chi connectivity index (χ1n) is 3.70. The second-order valence-corrected chi connectivity index (χ2v) is 3.92. The summed E-state index contributed by atoms with van der Waals surface area (Å²) in [7, 11) is 1.12. The van der Waals surface area contributed by atoms with Crippen molar-refractivity contribution in [3.63, 3.8) is 0 Å². The minimum absolute atomic E-state index is 0.280. The molecule has 0 fully saturated rings. The molecule has 0 amide bonds. The highest BCUT2D eigenvalue weighted by Crippen LogP contribution is 1.89. The van der Waals surface area contributed by atoms with Crippen LogP contribution in [-0.2, 0) is 10.8 Å². The Balaban J connectivity index is 0. The van der Waals surface area contributed by atoms with Crippen molar-refractivity contribution in [3.8, 4) is 0 Å². The van der Waals surface area contributed by atoms with Gasteiger partial charge in [-0.2, -0.15) is 0 Å². The Morgan fingerprint density at radius 2 is 1.80 bits per heavy atom. The van der Waals surface area contributed by atoms with Gasteiger partial charge in [0.1, 0.15) is 0 Å². The van der Waals surface area contributed by atoms with E-state index in [1.165, 1.54) is 0 Å². The highest BCUT2D eigenvalue weighted by Gasteiger charge is 2.00. The Morgan fingerprint density at radius 1 is 1.40 bits per heavy atom. The third-order valence-electron chi connectivity index (χ3n) is 0.812. The lowest BCUT2D eigenvalue weighted by atomic mass is 10.6. The number of rotatable bonds is 3. The van der Waals surface area contributed by atoms with Gasteiger partial charge < -0.3 is 5.32 Å². The molecule has 2 nitrogen and oxygen atoms in total. The quantitative estimate of drug-likeness (QED) is 0.684. The highest BCUT2D eigenvalue weighted by atomic mass is 32.2. The highest BCUT2D eigenvalue weighted by molar-refractivity contribution is 7.85.